The molecule has 1 atom stereocenters. The van der Waals surface area contributed by atoms with Crippen molar-refractivity contribution in [1.29, 1.82) is 0 Å². The van der Waals surface area contributed by atoms with Gasteiger partial charge in [-0.05, 0) is 62.1 Å². The molecule has 1 heterocycles. The highest BCUT2D eigenvalue weighted by atomic mass is 16.3. The second-order valence-corrected chi connectivity index (χ2v) is 7.73. The van der Waals surface area contributed by atoms with Crippen molar-refractivity contribution in [3.8, 4) is 5.75 Å². The van der Waals surface area contributed by atoms with E-state index in [1.807, 2.05) is 55.1 Å². The normalized spacial score (nSPS) is 19.1. The summed E-state index contributed by atoms with van der Waals surface area (Å²) < 4.78 is 0. The van der Waals surface area contributed by atoms with Crippen molar-refractivity contribution in [2.45, 2.75) is 39.0 Å². The van der Waals surface area contributed by atoms with E-state index < -0.39 is 5.41 Å². The van der Waals surface area contributed by atoms with Gasteiger partial charge in [-0.25, -0.2) is 0 Å². The largest absolute Gasteiger partial charge is 0.508 e. The van der Waals surface area contributed by atoms with Gasteiger partial charge >= 0.3 is 0 Å². The molecule has 0 aromatic heterocycles. The number of hydrogen-bond acceptors (Lipinski definition) is 3. The van der Waals surface area contributed by atoms with Gasteiger partial charge in [0, 0.05) is 44.1 Å². The van der Waals surface area contributed by atoms with E-state index >= 15 is 0 Å². The van der Waals surface area contributed by atoms with E-state index in [0.29, 0.717) is 25.2 Å². The molecular weight excluding hydrogens is 364 g/mol. The van der Waals surface area contributed by atoms with E-state index in [1.54, 1.807) is 24.0 Å². The summed E-state index contributed by atoms with van der Waals surface area (Å²) in [6.45, 7) is 8.22. The Morgan fingerprint density at radius 1 is 1.07 bits per heavy atom. The third-order valence-electron chi connectivity index (χ3n) is 6.07. The van der Waals surface area contributed by atoms with Gasteiger partial charge in [0.05, 0.1) is 0 Å². The Labute approximate surface area is 172 Å². The van der Waals surface area contributed by atoms with Crippen molar-refractivity contribution >= 4 is 11.8 Å². The lowest BCUT2D eigenvalue weighted by Crippen LogP contribution is -2.48. The van der Waals surface area contributed by atoms with Gasteiger partial charge in [0.2, 0.25) is 5.91 Å². The average molecular weight is 395 g/mol. The van der Waals surface area contributed by atoms with Gasteiger partial charge in [0.15, 0.2) is 0 Å². The predicted molar refractivity (Wildman–Crippen MR) is 114 cm³/mol. The fraction of sp³-hybridized carbons (Fsp3) is 0.417. The summed E-state index contributed by atoms with van der Waals surface area (Å²) in [6, 6.07) is 15.1. The average Bonchev–Trinajstić information content (AvgIpc) is 2.74. The van der Waals surface area contributed by atoms with Crippen LogP contribution in [0.3, 0.4) is 0 Å². The zero-order chi connectivity index (χ0) is 21.0. The SMILES string of the molecule is CCN(CC)C(=O)c1ccc(C2(c3cccc(O)c3)CCCN(C(C)=O)C2)cc1. The molecule has 5 nitrogen and oxygen atoms in total. The number of phenols is 1. The molecule has 0 bridgehead atoms. The van der Waals surface area contributed by atoms with E-state index in [9.17, 15) is 14.7 Å². The number of nitrogens with zero attached hydrogens (tertiary/aromatic N) is 2. The van der Waals surface area contributed by atoms with Crippen LogP contribution in [0.4, 0.5) is 0 Å². The summed E-state index contributed by atoms with van der Waals surface area (Å²) >= 11 is 0. The Bertz CT molecular complexity index is 874. The fourth-order valence-corrected chi connectivity index (χ4v) is 4.39. The number of amides is 2. The first-order valence-corrected chi connectivity index (χ1v) is 10.4. The minimum absolute atomic E-state index is 0.0296. The first-order valence-electron chi connectivity index (χ1n) is 10.4. The van der Waals surface area contributed by atoms with Crippen LogP contribution < -0.4 is 0 Å². The van der Waals surface area contributed by atoms with E-state index in [4.69, 9.17) is 0 Å². The number of rotatable bonds is 5. The van der Waals surface area contributed by atoms with Crippen LogP contribution >= 0.6 is 0 Å². The molecule has 1 saturated heterocycles. The molecular formula is C24H30N2O3. The second-order valence-electron chi connectivity index (χ2n) is 7.73. The highest BCUT2D eigenvalue weighted by Crippen LogP contribution is 2.41. The van der Waals surface area contributed by atoms with Gasteiger partial charge in [-0.15, -0.1) is 0 Å². The number of piperidine rings is 1. The number of phenolic OH excluding ortho intramolecular Hbond substituents is 1. The van der Waals surface area contributed by atoms with Gasteiger partial charge in [-0.1, -0.05) is 24.3 Å². The molecule has 2 aromatic rings. The van der Waals surface area contributed by atoms with E-state index in [1.165, 1.54) is 0 Å². The summed E-state index contributed by atoms with van der Waals surface area (Å²) in [5.74, 6) is 0.305. The molecule has 2 amide bonds. The number of aromatic hydroxyl groups is 1. The van der Waals surface area contributed by atoms with Crippen LogP contribution in [-0.4, -0.2) is 52.9 Å². The molecule has 0 spiro atoms. The van der Waals surface area contributed by atoms with Crippen LogP contribution in [0.2, 0.25) is 0 Å². The van der Waals surface area contributed by atoms with Gasteiger partial charge in [-0.2, -0.15) is 0 Å². The molecule has 5 heteroatoms. The molecule has 0 saturated carbocycles. The summed E-state index contributed by atoms with van der Waals surface area (Å²) in [5.41, 5.74) is 2.32. The lowest BCUT2D eigenvalue weighted by atomic mass is 9.69. The first kappa shape index (κ1) is 20.9. The lowest BCUT2D eigenvalue weighted by molar-refractivity contribution is -0.130. The Morgan fingerprint density at radius 2 is 1.76 bits per heavy atom. The van der Waals surface area contributed by atoms with Crippen LogP contribution in [0.5, 0.6) is 5.75 Å². The van der Waals surface area contributed by atoms with E-state index in [-0.39, 0.29) is 17.6 Å². The summed E-state index contributed by atoms with van der Waals surface area (Å²) in [4.78, 5) is 28.5. The molecule has 29 heavy (non-hydrogen) atoms. The van der Waals surface area contributed by atoms with Crippen LogP contribution in [-0.2, 0) is 10.2 Å². The van der Waals surface area contributed by atoms with Crippen LogP contribution in [0.1, 0.15) is 55.1 Å². The van der Waals surface area contributed by atoms with E-state index in [2.05, 4.69) is 0 Å². The standard InChI is InChI=1S/C24H30N2O3/c1-4-25(5-2)23(29)19-10-12-20(13-11-19)24(21-8-6-9-22(28)16-21)14-7-15-26(17-24)18(3)27/h6,8-13,16,28H,4-5,7,14-15,17H2,1-3H3. The van der Waals surface area contributed by atoms with Crippen LogP contribution in [0.15, 0.2) is 48.5 Å². The summed E-state index contributed by atoms with van der Waals surface area (Å²) in [5, 5.41) is 10.1. The molecule has 154 valence electrons. The minimum Gasteiger partial charge on any atom is -0.508 e. The molecule has 2 aromatic carbocycles. The zero-order valence-corrected chi connectivity index (χ0v) is 17.5. The molecule has 1 fully saturated rings. The molecule has 0 radical (unpaired) electrons. The molecule has 1 N–H and O–H groups in total. The Kier molecular flexibility index (Phi) is 6.26. The third kappa shape index (κ3) is 4.14. The monoisotopic (exact) mass is 394 g/mol. The quantitative estimate of drug-likeness (QED) is 0.839. The Morgan fingerprint density at radius 3 is 2.34 bits per heavy atom. The highest BCUT2D eigenvalue weighted by Gasteiger charge is 2.39. The van der Waals surface area contributed by atoms with Gasteiger partial charge in [0.1, 0.15) is 5.75 Å². The van der Waals surface area contributed by atoms with Crippen LogP contribution in [0.25, 0.3) is 0 Å². The van der Waals surface area contributed by atoms with Crippen molar-refractivity contribution < 1.29 is 14.7 Å². The maximum atomic E-state index is 12.7. The van der Waals surface area contributed by atoms with Gasteiger partial charge in [-0.3, -0.25) is 9.59 Å². The number of likely N-dealkylation sites (tertiary alicyclic amines) is 1. The van der Waals surface area contributed by atoms with Gasteiger partial charge < -0.3 is 14.9 Å². The predicted octanol–water partition coefficient (Wildman–Crippen LogP) is 3.80. The minimum atomic E-state index is -0.403. The molecule has 1 unspecified atom stereocenters. The van der Waals surface area contributed by atoms with Gasteiger partial charge in [0.25, 0.3) is 5.91 Å². The third-order valence-corrected chi connectivity index (χ3v) is 6.07. The molecule has 1 aliphatic heterocycles. The smallest absolute Gasteiger partial charge is 0.253 e. The first-order chi connectivity index (χ1) is 13.9. The lowest BCUT2D eigenvalue weighted by Gasteiger charge is -2.43. The van der Waals surface area contributed by atoms with Crippen molar-refractivity contribution in [3.63, 3.8) is 0 Å². The molecule has 3 rings (SSSR count). The second kappa shape index (κ2) is 8.68. The molecule has 1 aliphatic rings. The number of hydrogen-bond donors (Lipinski definition) is 1. The number of carbonyl (C=O) groups is 2. The topological polar surface area (TPSA) is 60.9 Å². The van der Waals surface area contributed by atoms with Crippen molar-refractivity contribution in [3.05, 3.63) is 65.2 Å². The number of carbonyl (C=O) groups excluding carboxylic acids is 2. The highest BCUT2D eigenvalue weighted by molar-refractivity contribution is 5.94. The maximum absolute atomic E-state index is 12.7. The van der Waals surface area contributed by atoms with Crippen molar-refractivity contribution in [1.82, 2.24) is 9.80 Å². The Hall–Kier alpha value is -2.82. The van der Waals surface area contributed by atoms with Crippen molar-refractivity contribution in [2.24, 2.45) is 0 Å². The van der Waals surface area contributed by atoms with Crippen molar-refractivity contribution in [2.75, 3.05) is 26.2 Å². The summed E-state index contributed by atoms with van der Waals surface area (Å²) in [7, 11) is 0. The maximum Gasteiger partial charge on any atom is 0.253 e. The zero-order valence-electron chi connectivity index (χ0n) is 17.5. The van der Waals surface area contributed by atoms with Crippen LogP contribution in [0, 0.1) is 0 Å². The number of benzene rings is 2. The Balaban J connectivity index is 2.03. The summed E-state index contributed by atoms with van der Waals surface area (Å²) in [6.07, 6.45) is 1.76. The van der Waals surface area contributed by atoms with E-state index in [0.717, 1.165) is 30.5 Å². The molecule has 0 aliphatic carbocycles. The fourth-order valence-electron chi connectivity index (χ4n) is 4.39.